The van der Waals surface area contributed by atoms with Crippen LogP contribution in [0.4, 0.5) is 0 Å². The molecular formula is C16H27IN4O2S2. The van der Waals surface area contributed by atoms with E-state index in [0.29, 0.717) is 18.4 Å². The smallest absolute Gasteiger partial charge is 0.191 e. The summed E-state index contributed by atoms with van der Waals surface area (Å²) in [6.45, 7) is 5.11. The molecule has 2 aliphatic heterocycles. The first-order chi connectivity index (χ1) is 11.5. The van der Waals surface area contributed by atoms with Crippen molar-refractivity contribution in [3.63, 3.8) is 0 Å². The maximum atomic E-state index is 11.6. The molecule has 1 saturated heterocycles. The van der Waals surface area contributed by atoms with Crippen LogP contribution in [0.15, 0.2) is 16.4 Å². The zero-order valence-electron chi connectivity index (χ0n) is 14.7. The van der Waals surface area contributed by atoms with Gasteiger partial charge in [-0.25, -0.2) is 8.42 Å². The fourth-order valence-corrected chi connectivity index (χ4v) is 5.88. The zero-order valence-corrected chi connectivity index (χ0v) is 18.7. The first-order valence-electron chi connectivity index (χ1n) is 8.44. The summed E-state index contributed by atoms with van der Waals surface area (Å²) in [6, 6.07) is 2.59. The minimum absolute atomic E-state index is 0. The molecule has 2 N–H and O–H groups in total. The number of nitrogens with one attached hydrogen (secondary N) is 2. The van der Waals surface area contributed by atoms with Crippen molar-refractivity contribution in [2.75, 3.05) is 31.6 Å². The molecule has 0 spiro atoms. The van der Waals surface area contributed by atoms with Gasteiger partial charge in [-0.05, 0) is 36.8 Å². The third kappa shape index (κ3) is 5.54. The molecule has 0 amide bonds. The van der Waals surface area contributed by atoms with E-state index in [4.69, 9.17) is 0 Å². The Kier molecular flexibility index (Phi) is 7.53. The van der Waals surface area contributed by atoms with Gasteiger partial charge in [0.2, 0.25) is 0 Å². The molecule has 2 atom stereocenters. The highest BCUT2D eigenvalue weighted by Gasteiger charge is 2.28. The molecule has 0 aliphatic carbocycles. The summed E-state index contributed by atoms with van der Waals surface area (Å²) in [5, 5.41) is 8.76. The summed E-state index contributed by atoms with van der Waals surface area (Å²) in [5.74, 6) is 1.17. The molecule has 1 fully saturated rings. The molecule has 142 valence electrons. The second-order valence-corrected chi connectivity index (χ2v) is 9.87. The minimum Gasteiger partial charge on any atom is -0.355 e. The number of rotatable bonds is 4. The lowest BCUT2D eigenvalue weighted by atomic mass is 10.1. The molecule has 1 aromatic heterocycles. The number of thiophene rings is 1. The zero-order chi connectivity index (χ0) is 17.2. The molecule has 25 heavy (non-hydrogen) atoms. The van der Waals surface area contributed by atoms with Crippen molar-refractivity contribution in [1.82, 2.24) is 15.5 Å². The Bertz CT molecular complexity index is 705. The van der Waals surface area contributed by atoms with Crippen LogP contribution in [0.1, 0.15) is 23.8 Å². The average molecular weight is 498 g/mol. The molecular weight excluding hydrogens is 471 g/mol. The Morgan fingerprint density at radius 2 is 2.32 bits per heavy atom. The first kappa shape index (κ1) is 20.9. The summed E-state index contributed by atoms with van der Waals surface area (Å²) in [7, 11) is -1.15. The minimum atomic E-state index is -2.87. The fraction of sp³-hybridized carbons (Fsp3) is 0.688. The summed E-state index contributed by atoms with van der Waals surface area (Å²) >= 11 is 1.86. The van der Waals surface area contributed by atoms with Gasteiger partial charge >= 0.3 is 0 Å². The van der Waals surface area contributed by atoms with E-state index >= 15 is 0 Å². The SMILES string of the molecule is CN=C(NCC(C)N1CCc2sccc2C1)NC1CCS(=O)(=O)C1.I. The fourth-order valence-electron chi connectivity index (χ4n) is 3.32. The van der Waals surface area contributed by atoms with Crippen molar-refractivity contribution in [2.24, 2.45) is 4.99 Å². The summed E-state index contributed by atoms with van der Waals surface area (Å²) in [5.41, 5.74) is 1.46. The van der Waals surface area contributed by atoms with Gasteiger partial charge < -0.3 is 10.6 Å². The van der Waals surface area contributed by atoms with Gasteiger partial charge in [0, 0.05) is 43.6 Å². The van der Waals surface area contributed by atoms with E-state index in [1.165, 1.54) is 10.4 Å². The van der Waals surface area contributed by atoms with Crippen molar-refractivity contribution in [3.8, 4) is 0 Å². The van der Waals surface area contributed by atoms with Crippen LogP contribution in [-0.2, 0) is 22.8 Å². The van der Waals surface area contributed by atoms with E-state index in [0.717, 1.165) is 26.1 Å². The standard InChI is InChI=1S/C16H26N4O2S2.HI/c1-12(20-6-3-15-13(10-20)4-7-23-15)9-18-16(17-2)19-14-5-8-24(21,22)11-14;/h4,7,12,14H,3,5-6,8-11H2,1-2H3,(H2,17,18,19);1H. The Balaban J connectivity index is 0.00000225. The van der Waals surface area contributed by atoms with Gasteiger partial charge in [-0.2, -0.15) is 0 Å². The predicted octanol–water partition coefficient (Wildman–Crippen LogP) is 1.46. The van der Waals surface area contributed by atoms with Gasteiger partial charge in [-0.3, -0.25) is 9.89 Å². The molecule has 6 nitrogen and oxygen atoms in total. The molecule has 2 unspecified atom stereocenters. The van der Waals surface area contributed by atoms with Crippen LogP contribution in [0.2, 0.25) is 0 Å². The van der Waals surface area contributed by atoms with Crippen molar-refractivity contribution >= 4 is 51.1 Å². The lowest BCUT2D eigenvalue weighted by molar-refractivity contribution is 0.192. The van der Waals surface area contributed by atoms with Crippen LogP contribution in [-0.4, -0.2) is 63.0 Å². The topological polar surface area (TPSA) is 73.8 Å². The van der Waals surface area contributed by atoms with E-state index in [9.17, 15) is 8.42 Å². The van der Waals surface area contributed by atoms with Crippen LogP contribution in [0.5, 0.6) is 0 Å². The third-order valence-electron chi connectivity index (χ3n) is 4.82. The normalized spacial score (nSPS) is 24.2. The molecule has 0 radical (unpaired) electrons. The molecule has 0 saturated carbocycles. The van der Waals surface area contributed by atoms with Crippen LogP contribution in [0, 0.1) is 0 Å². The highest BCUT2D eigenvalue weighted by Crippen LogP contribution is 2.24. The molecule has 3 heterocycles. The second kappa shape index (κ2) is 9.01. The summed E-state index contributed by atoms with van der Waals surface area (Å²) in [4.78, 5) is 8.23. The van der Waals surface area contributed by atoms with E-state index in [2.05, 4.69) is 38.9 Å². The van der Waals surface area contributed by atoms with Gasteiger partial charge in [-0.15, -0.1) is 35.3 Å². The van der Waals surface area contributed by atoms with Gasteiger partial charge in [0.05, 0.1) is 11.5 Å². The van der Waals surface area contributed by atoms with E-state index in [1.54, 1.807) is 7.05 Å². The van der Waals surface area contributed by atoms with Crippen molar-refractivity contribution in [1.29, 1.82) is 0 Å². The third-order valence-corrected chi connectivity index (χ3v) is 7.61. The molecule has 9 heteroatoms. The van der Waals surface area contributed by atoms with Crippen LogP contribution in [0.25, 0.3) is 0 Å². The molecule has 2 aliphatic rings. The van der Waals surface area contributed by atoms with Crippen molar-refractivity contribution in [2.45, 2.75) is 38.4 Å². The Morgan fingerprint density at radius 1 is 1.52 bits per heavy atom. The molecule has 0 bridgehead atoms. The Hall–Kier alpha value is -0.390. The summed E-state index contributed by atoms with van der Waals surface area (Å²) in [6.07, 6.45) is 1.79. The van der Waals surface area contributed by atoms with E-state index < -0.39 is 9.84 Å². The van der Waals surface area contributed by atoms with Gasteiger partial charge in [0.15, 0.2) is 15.8 Å². The van der Waals surface area contributed by atoms with Crippen LogP contribution >= 0.6 is 35.3 Å². The lowest BCUT2D eigenvalue weighted by Crippen LogP contribution is -2.49. The number of nitrogens with zero attached hydrogens (tertiary/aromatic N) is 2. The average Bonchev–Trinajstić information content (AvgIpc) is 3.16. The van der Waals surface area contributed by atoms with E-state index in [-0.39, 0.29) is 41.5 Å². The van der Waals surface area contributed by atoms with Gasteiger partial charge in [0.1, 0.15) is 0 Å². The maximum absolute atomic E-state index is 11.6. The van der Waals surface area contributed by atoms with E-state index in [1.807, 2.05) is 11.3 Å². The number of hydrogen-bond acceptors (Lipinski definition) is 5. The molecule has 1 aromatic rings. The number of aliphatic imine (C=N–C) groups is 1. The number of sulfone groups is 1. The second-order valence-electron chi connectivity index (χ2n) is 6.64. The monoisotopic (exact) mass is 498 g/mol. The quantitative estimate of drug-likeness (QED) is 0.374. The van der Waals surface area contributed by atoms with Gasteiger partial charge in [-0.1, -0.05) is 0 Å². The highest BCUT2D eigenvalue weighted by atomic mass is 127. The molecule has 3 rings (SSSR count). The summed E-state index contributed by atoms with van der Waals surface area (Å²) < 4.78 is 23.1. The number of halogens is 1. The number of fused-ring (bicyclic) bond motifs is 1. The lowest BCUT2D eigenvalue weighted by Gasteiger charge is -2.33. The number of guanidine groups is 1. The Labute approximate surface area is 171 Å². The van der Waals surface area contributed by atoms with Crippen LogP contribution in [0.3, 0.4) is 0 Å². The predicted molar refractivity (Wildman–Crippen MR) is 115 cm³/mol. The maximum Gasteiger partial charge on any atom is 0.191 e. The van der Waals surface area contributed by atoms with Crippen molar-refractivity contribution in [3.05, 3.63) is 21.9 Å². The highest BCUT2D eigenvalue weighted by molar-refractivity contribution is 14.0. The van der Waals surface area contributed by atoms with Crippen LogP contribution < -0.4 is 10.6 Å². The number of hydrogen-bond donors (Lipinski definition) is 2. The van der Waals surface area contributed by atoms with Gasteiger partial charge in [0.25, 0.3) is 0 Å². The first-order valence-corrected chi connectivity index (χ1v) is 11.1. The Morgan fingerprint density at radius 3 is 3.00 bits per heavy atom. The molecule has 0 aromatic carbocycles. The van der Waals surface area contributed by atoms with Crippen molar-refractivity contribution < 1.29 is 8.42 Å². The largest absolute Gasteiger partial charge is 0.355 e.